The largest absolute Gasteiger partial charge is 0.323 e. The number of rotatable bonds is 3. The number of carbonyl (C=O) groups excluding carboxylic acids is 1. The summed E-state index contributed by atoms with van der Waals surface area (Å²) in [4.78, 5) is 27.1. The van der Waals surface area contributed by atoms with Crippen LogP contribution >= 0.6 is 34.5 Å². The SMILES string of the molecule is CC1CCc2c(sc3nnn(CC(=O)Nc4cccc(Cl)c4Cl)c(=O)c23)C1. The van der Waals surface area contributed by atoms with Gasteiger partial charge in [0, 0.05) is 4.88 Å². The fraction of sp³-hybridized carbons (Fsp3) is 0.333. The van der Waals surface area contributed by atoms with Crippen LogP contribution in [0.2, 0.25) is 10.0 Å². The summed E-state index contributed by atoms with van der Waals surface area (Å²) in [5.41, 5.74) is 1.18. The zero-order valence-corrected chi connectivity index (χ0v) is 16.8. The Bertz CT molecular complexity index is 1110. The second-order valence-corrected chi connectivity index (χ2v) is 8.60. The van der Waals surface area contributed by atoms with Crippen LogP contribution in [0, 0.1) is 5.92 Å². The third-order valence-electron chi connectivity index (χ3n) is 4.70. The average molecular weight is 423 g/mol. The summed E-state index contributed by atoms with van der Waals surface area (Å²) in [6, 6.07) is 4.95. The molecule has 1 aliphatic rings. The molecule has 0 radical (unpaired) electrons. The number of nitrogens with zero attached hydrogens (tertiary/aromatic N) is 3. The Kier molecular flexibility index (Phi) is 4.92. The number of benzene rings is 1. The molecule has 0 aliphatic heterocycles. The van der Waals surface area contributed by atoms with Crippen LogP contribution in [0.3, 0.4) is 0 Å². The van der Waals surface area contributed by atoms with E-state index in [2.05, 4.69) is 22.6 Å². The highest BCUT2D eigenvalue weighted by Gasteiger charge is 2.24. The molecule has 1 aliphatic carbocycles. The van der Waals surface area contributed by atoms with Gasteiger partial charge < -0.3 is 5.32 Å². The van der Waals surface area contributed by atoms with Gasteiger partial charge >= 0.3 is 0 Å². The van der Waals surface area contributed by atoms with Gasteiger partial charge in [-0.1, -0.05) is 41.4 Å². The quantitative estimate of drug-likeness (QED) is 0.693. The van der Waals surface area contributed by atoms with Crippen LogP contribution < -0.4 is 10.9 Å². The van der Waals surface area contributed by atoms with Gasteiger partial charge in [0.2, 0.25) is 5.91 Å². The summed E-state index contributed by atoms with van der Waals surface area (Å²) in [5.74, 6) is 0.182. The number of aryl methyl sites for hydroxylation is 1. The number of thiophene rings is 1. The molecule has 1 amide bonds. The van der Waals surface area contributed by atoms with Gasteiger partial charge in [0.05, 0.1) is 21.1 Å². The van der Waals surface area contributed by atoms with E-state index in [1.54, 1.807) is 18.2 Å². The van der Waals surface area contributed by atoms with Crippen molar-refractivity contribution in [1.29, 1.82) is 0 Å². The van der Waals surface area contributed by atoms with E-state index in [1.165, 1.54) is 16.2 Å². The highest BCUT2D eigenvalue weighted by Crippen LogP contribution is 2.35. The van der Waals surface area contributed by atoms with E-state index < -0.39 is 5.91 Å². The lowest BCUT2D eigenvalue weighted by molar-refractivity contribution is -0.117. The van der Waals surface area contributed by atoms with Gasteiger partial charge in [-0.25, -0.2) is 4.68 Å². The monoisotopic (exact) mass is 422 g/mol. The van der Waals surface area contributed by atoms with Gasteiger partial charge in [-0.15, -0.1) is 16.4 Å². The molecule has 6 nitrogen and oxygen atoms in total. The van der Waals surface area contributed by atoms with Gasteiger partial charge in [0.1, 0.15) is 6.54 Å². The van der Waals surface area contributed by atoms with E-state index in [0.717, 1.165) is 29.5 Å². The van der Waals surface area contributed by atoms with Crippen LogP contribution in [0.1, 0.15) is 23.8 Å². The number of hydrogen-bond donors (Lipinski definition) is 1. The summed E-state index contributed by atoms with van der Waals surface area (Å²) in [6.07, 6.45) is 2.87. The van der Waals surface area contributed by atoms with E-state index >= 15 is 0 Å². The van der Waals surface area contributed by atoms with Gasteiger partial charge in [-0.05, 0) is 42.9 Å². The lowest BCUT2D eigenvalue weighted by atomic mass is 9.89. The molecule has 1 N–H and O–H groups in total. The zero-order valence-electron chi connectivity index (χ0n) is 14.5. The van der Waals surface area contributed by atoms with E-state index in [0.29, 0.717) is 26.8 Å². The van der Waals surface area contributed by atoms with Crippen molar-refractivity contribution in [2.24, 2.45) is 5.92 Å². The Morgan fingerprint density at radius 1 is 1.41 bits per heavy atom. The molecule has 1 unspecified atom stereocenters. The molecule has 27 heavy (non-hydrogen) atoms. The first-order chi connectivity index (χ1) is 12.9. The van der Waals surface area contributed by atoms with Crippen molar-refractivity contribution in [3.63, 3.8) is 0 Å². The first-order valence-corrected chi connectivity index (χ1v) is 10.1. The molecule has 140 valence electrons. The summed E-state index contributed by atoms with van der Waals surface area (Å²) < 4.78 is 1.10. The van der Waals surface area contributed by atoms with Crippen LogP contribution in [0.4, 0.5) is 5.69 Å². The van der Waals surface area contributed by atoms with Crippen molar-refractivity contribution in [2.75, 3.05) is 5.32 Å². The first-order valence-electron chi connectivity index (χ1n) is 8.56. The van der Waals surface area contributed by atoms with E-state index in [1.807, 2.05) is 0 Å². The van der Waals surface area contributed by atoms with Crippen molar-refractivity contribution >= 4 is 56.3 Å². The standard InChI is InChI=1S/C18H16Cl2N4O2S/c1-9-5-6-10-13(7-9)27-17-15(10)18(26)24(23-22-17)8-14(25)21-12-4-2-3-11(19)16(12)20/h2-4,9H,5-8H2,1H3,(H,21,25). The van der Waals surface area contributed by atoms with Gasteiger partial charge in [-0.3, -0.25) is 9.59 Å². The fourth-order valence-electron chi connectivity index (χ4n) is 3.32. The number of amides is 1. The van der Waals surface area contributed by atoms with Crippen molar-refractivity contribution in [3.8, 4) is 0 Å². The second kappa shape index (κ2) is 7.22. The molecule has 1 aromatic carbocycles. The van der Waals surface area contributed by atoms with E-state index in [-0.39, 0.29) is 17.1 Å². The number of aromatic nitrogens is 3. The highest BCUT2D eigenvalue weighted by molar-refractivity contribution is 7.18. The Hall–Kier alpha value is -1.96. The van der Waals surface area contributed by atoms with Crippen molar-refractivity contribution in [1.82, 2.24) is 15.0 Å². The predicted molar refractivity (Wildman–Crippen MR) is 108 cm³/mol. The number of fused-ring (bicyclic) bond motifs is 3. The maximum atomic E-state index is 12.9. The smallest absolute Gasteiger partial charge is 0.279 e. The number of nitrogens with one attached hydrogen (secondary N) is 1. The lowest BCUT2D eigenvalue weighted by Gasteiger charge is -2.17. The van der Waals surface area contributed by atoms with Crippen LogP contribution in [0.5, 0.6) is 0 Å². The molecule has 0 saturated carbocycles. The lowest BCUT2D eigenvalue weighted by Crippen LogP contribution is -2.30. The van der Waals surface area contributed by atoms with Crippen molar-refractivity contribution < 1.29 is 4.79 Å². The summed E-state index contributed by atoms with van der Waals surface area (Å²) >= 11 is 13.6. The van der Waals surface area contributed by atoms with Gasteiger partial charge in [-0.2, -0.15) is 0 Å². The number of carbonyl (C=O) groups is 1. The molecule has 0 bridgehead atoms. The Balaban J connectivity index is 1.62. The summed E-state index contributed by atoms with van der Waals surface area (Å²) in [6.45, 7) is 1.97. The molecular weight excluding hydrogens is 407 g/mol. The minimum Gasteiger partial charge on any atom is -0.323 e. The average Bonchev–Trinajstić information content (AvgIpc) is 2.99. The maximum Gasteiger partial charge on any atom is 0.279 e. The van der Waals surface area contributed by atoms with Gasteiger partial charge in [0.25, 0.3) is 5.56 Å². The Morgan fingerprint density at radius 3 is 3.04 bits per heavy atom. The third-order valence-corrected chi connectivity index (χ3v) is 6.66. The topological polar surface area (TPSA) is 76.9 Å². The predicted octanol–water partition coefficient (Wildman–Crippen LogP) is 3.92. The molecular formula is C18H16Cl2N4O2S. The van der Waals surface area contributed by atoms with E-state index in [9.17, 15) is 9.59 Å². The third kappa shape index (κ3) is 3.47. The molecule has 2 aromatic heterocycles. The van der Waals surface area contributed by atoms with Crippen LogP contribution in [-0.2, 0) is 24.2 Å². The number of halogens is 2. The minimum absolute atomic E-state index is 0.244. The zero-order chi connectivity index (χ0) is 19.1. The van der Waals surface area contributed by atoms with Crippen LogP contribution in [0.15, 0.2) is 23.0 Å². The van der Waals surface area contributed by atoms with Gasteiger partial charge in [0.15, 0.2) is 4.83 Å². The number of anilines is 1. The first kappa shape index (κ1) is 18.4. The second-order valence-electron chi connectivity index (χ2n) is 6.73. The molecule has 4 rings (SSSR count). The summed E-state index contributed by atoms with van der Waals surface area (Å²) in [7, 11) is 0. The van der Waals surface area contributed by atoms with Crippen molar-refractivity contribution in [3.05, 3.63) is 49.0 Å². The fourth-order valence-corrected chi connectivity index (χ4v) is 4.99. The molecule has 9 heteroatoms. The summed E-state index contributed by atoms with van der Waals surface area (Å²) in [5, 5.41) is 12.0. The Morgan fingerprint density at radius 2 is 2.22 bits per heavy atom. The Labute approximate surface area is 169 Å². The van der Waals surface area contributed by atoms with Crippen molar-refractivity contribution in [2.45, 2.75) is 32.7 Å². The molecule has 1 atom stereocenters. The van der Waals surface area contributed by atoms with Crippen LogP contribution in [0.25, 0.3) is 10.2 Å². The molecule has 0 saturated heterocycles. The normalized spacial score (nSPS) is 16.3. The molecule has 0 spiro atoms. The molecule has 3 aromatic rings. The van der Waals surface area contributed by atoms with E-state index in [4.69, 9.17) is 23.2 Å². The number of hydrogen-bond acceptors (Lipinski definition) is 5. The van der Waals surface area contributed by atoms with Crippen LogP contribution in [-0.4, -0.2) is 20.9 Å². The molecule has 0 fully saturated rings. The molecule has 2 heterocycles. The maximum absolute atomic E-state index is 12.9. The highest BCUT2D eigenvalue weighted by atomic mass is 35.5. The minimum atomic E-state index is -0.423.